The Morgan fingerprint density at radius 1 is 1.14 bits per heavy atom. The summed E-state index contributed by atoms with van der Waals surface area (Å²) in [4.78, 5) is 7.84. The summed E-state index contributed by atoms with van der Waals surface area (Å²) in [6.45, 7) is 4.09. The maximum absolute atomic E-state index is 12.8. The molecule has 158 valence electrons. The van der Waals surface area contributed by atoms with Crippen molar-refractivity contribution in [3.8, 4) is 0 Å². The van der Waals surface area contributed by atoms with Crippen LogP contribution in [0.2, 0.25) is 0 Å². The number of piperidine rings is 1. The van der Waals surface area contributed by atoms with Gasteiger partial charge in [0.05, 0.1) is 6.54 Å². The Morgan fingerprint density at radius 3 is 2.50 bits per heavy atom. The van der Waals surface area contributed by atoms with Gasteiger partial charge in [-0.2, -0.15) is 4.31 Å². The van der Waals surface area contributed by atoms with Crippen LogP contribution in [0.25, 0.3) is 0 Å². The zero-order valence-corrected chi connectivity index (χ0v) is 20.5. The van der Waals surface area contributed by atoms with E-state index in [1.165, 1.54) is 37.0 Å². The fourth-order valence-corrected chi connectivity index (χ4v) is 7.49. The van der Waals surface area contributed by atoms with Crippen LogP contribution in [0.15, 0.2) is 21.3 Å². The molecule has 1 saturated carbocycles. The number of likely N-dealkylation sites (tertiary alicyclic amines) is 1. The lowest BCUT2D eigenvalue weighted by atomic mass is 9.68. The minimum Gasteiger partial charge on any atom is -0.351 e. The number of guanidine groups is 1. The Balaban J connectivity index is 0.00000225. The van der Waals surface area contributed by atoms with Crippen molar-refractivity contribution in [3.63, 3.8) is 0 Å². The van der Waals surface area contributed by atoms with Crippen molar-refractivity contribution in [3.05, 3.63) is 17.0 Å². The van der Waals surface area contributed by atoms with Gasteiger partial charge in [-0.05, 0) is 49.7 Å². The van der Waals surface area contributed by atoms with Crippen LogP contribution in [-0.2, 0) is 16.6 Å². The topological polar surface area (TPSA) is 65.0 Å². The summed E-state index contributed by atoms with van der Waals surface area (Å²) < 4.78 is 27.7. The van der Waals surface area contributed by atoms with Gasteiger partial charge >= 0.3 is 0 Å². The smallest absolute Gasteiger partial charge is 0.252 e. The number of nitrogens with one attached hydrogen (secondary N) is 1. The Labute approximate surface area is 189 Å². The second kappa shape index (κ2) is 9.18. The molecule has 4 rings (SSSR count). The van der Waals surface area contributed by atoms with Crippen LogP contribution in [0.5, 0.6) is 0 Å². The number of hydrogen-bond donors (Lipinski definition) is 1. The Kier molecular flexibility index (Phi) is 7.31. The lowest BCUT2D eigenvalue weighted by molar-refractivity contribution is 0.151. The van der Waals surface area contributed by atoms with Gasteiger partial charge in [-0.1, -0.05) is 12.8 Å². The highest BCUT2D eigenvalue weighted by Crippen LogP contribution is 2.47. The van der Waals surface area contributed by atoms with Crippen molar-refractivity contribution in [2.24, 2.45) is 10.4 Å². The molecule has 3 fully saturated rings. The van der Waals surface area contributed by atoms with E-state index in [0.717, 1.165) is 43.2 Å². The highest BCUT2D eigenvalue weighted by Gasteiger charge is 2.43. The summed E-state index contributed by atoms with van der Waals surface area (Å²) in [5, 5.41) is 3.44. The van der Waals surface area contributed by atoms with Crippen molar-refractivity contribution < 1.29 is 8.42 Å². The SMILES string of the molecule is CN=C(NCc1ccc(S(=O)(=O)N2CCCCC2)s1)N1CCC2(CCC2)C1.I. The molecule has 1 aliphatic carbocycles. The first kappa shape index (κ1) is 22.3. The minimum absolute atomic E-state index is 0. The fraction of sp³-hybridized carbons (Fsp3) is 0.737. The number of nitrogens with zero attached hydrogens (tertiary/aromatic N) is 3. The second-order valence-electron chi connectivity index (χ2n) is 8.11. The summed E-state index contributed by atoms with van der Waals surface area (Å²) in [6.07, 6.45) is 8.39. The standard InChI is InChI=1S/C19H30N4O2S2.HI/c1-20-18(22-13-10-19(15-22)8-5-9-19)21-14-16-6-7-17(26-16)27(24,25)23-11-3-2-4-12-23;/h6-7H,2-5,8-15H2,1H3,(H,20,21);1H. The highest BCUT2D eigenvalue weighted by atomic mass is 127. The molecule has 1 aromatic heterocycles. The van der Waals surface area contributed by atoms with E-state index < -0.39 is 10.0 Å². The highest BCUT2D eigenvalue weighted by molar-refractivity contribution is 14.0. The molecule has 6 nitrogen and oxygen atoms in total. The van der Waals surface area contributed by atoms with Crippen LogP contribution in [0, 0.1) is 5.41 Å². The zero-order valence-electron chi connectivity index (χ0n) is 16.5. The predicted molar refractivity (Wildman–Crippen MR) is 125 cm³/mol. The first-order valence-electron chi connectivity index (χ1n) is 10.1. The third-order valence-corrected chi connectivity index (χ3v) is 9.78. The molecule has 2 saturated heterocycles. The minimum atomic E-state index is -3.33. The van der Waals surface area contributed by atoms with E-state index in [2.05, 4.69) is 15.2 Å². The molecule has 0 aromatic carbocycles. The maximum Gasteiger partial charge on any atom is 0.252 e. The zero-order chi connectivity index (χ0) is 18.9. The monoisotopic (exact) mass is 538 g/mol. The van der Waals surface area contributed by atoms with Gasteiger partial charge in [-0.15, -0.1) is 35.3 Å². The molecule has 9 heteroatoms. The molecule has 0 bridgehead atoms. The van der Waals surface area contributed by atoms with Gasteiger partial charge in [0.25, 0.3) is 10.0 Å². The summed E-state index contributed by atoms with van der Waals surface area (Å²) in [5.41, 5.74) is 0.538. The molecule has 2 aliphatic heterocycles. The summed E-state index contributed by atoms with van der Waals surface area (Å²) in [6, 6.07) is 3.69. The largest absolute Gasteiger partial charge is 0.351 e. The van der Waals surface area contributed by atoms with Gasteiger partial charge in [0.15, 0.2) is 5.96 Å². The Bertz CT molecular complexity index is 799. The van der Waals surface area contributed by atoms with Gasteiger partial charge in [-0.3, -0.25) is 4.99 Å². The lowest BCUT2D eigenvalue weighted by Crippen LogP contribution is -2.42. The van der Waals surface area contributed by atoms with Gasteiger partial charge < -0.3 is 10.2 Å². The van der Waals surface area contributed by atoms with Gasteiger partial charge in [0, 0.05) is 38.1 Å². The van der Waals surface area contributed by atoms with Gasteiger partial charge in [0.1, 0.15) is 4.21 Å². The predicted octanol–water partition coefficient (Wildman–Crippen LogP) is 3.49. The third kappa shape index (κ3) is 4.52. The molecule has 0 radical (unpaired) electrons. The molecule has 1 spiro atoms. The Morgan fingerprint density at radius 2 is 1.89 bits per heavy atom. The average Bonchev–Trinajstić information content (AvgIpc) is 3.31. The van der Waals surface area contributed by atoms with E-state index in [-0.39, 0.29) is 24.0 Å². The Hall–Kier alpha value is -0.390. The number of aliphatic imine (C=N–C) groups is 1. The number of rotatable bonds is 4. The van der Waals surface area contributed by atoms with Crippen molar-refractivity contribution in [1.29, 1.82) is 0 Å². The van der Waals surface area contributed by atoms with Crippen molar-refractivity contribution in [1.82, 2.24) is 14.5 Å². The molecule has 1 N–H and O–H groups in total. The molecule has 3 aliphatic rings. The first-order valence-corrected chi connectivity index (χ1v) is 12.3. The summed E-state index contributed by atoms with van der Waals surface area (Å²) in [5.74, 6) is 0.938. The van der Waals surface area contributed by atoms with Crippen LogP contribution in [0.3, 0.4) is 0 Å². The second-order valence-corrected chi connectivity index (χ2v) is 11.4. The normalized spacial score (nSPS) is 22.8. The van der Waals surface area contributed by atoms with Crippen molar-refractivity contribution >= 4 is 51.3 Å². The molecule has 1 aromatic rings. The van der Waals surface area contributed by atoms with Gasteiger partial charge in [-0.25, -0.2) is 8.42 Å². The molecule has 0 unspecified atom stereocenters. The van der Waals surface area contributed by atoms with Crippen LogP contribution in [-0.4, -0.2) is 56.8 Å². The van der Waals surface area contributed by atoms with Crippen LogP contribution in [0.1, 0.15) is 49.8 Å². The van der Waals surface area contributed by atoms with E-state index in [1.54, 1.807) is 10.4 Å². The first-order chi connectivity index (χ1) is 13.0. The molecule has 0 amide bonds. The van der Waals surface area contributed by atoms with E-state index >= 15 is 0 Å². The third-order valence-electron chi connectivity index (χ3n) is 6.33. The van der Waals surface area contributed by atoms with Crippen LogP contribution < -0.4 is 5.32 Å². The van der Waals surface area contributed by atoms with E-state index in [4.69, 9.17) is 0 Å². The quantitative estimate of drug-likeness (QED) is 0.362. The summed E-state index contributed by atoms with van der Waals surface area (Å²) in [7, 11) is -1.50. The fourth-order valence-electron chi connectivity index (χ4n) is 4.52. The van der Waals surface area contributed by atoms with E-state index in [0.29, 0.717) is 29.3 Å². The number of thiophene rings is 1. The number of halogens is 1. The van der Waals surface area contributed by atoms with E-state index in [1.807, 2.05) is 13.1 Å². The van der Waals surface area contributed by atoms with Crippen molar-refractivity contribution in [2.45, 2.75) is 55.7 Å². The van der Waals surface area contributed by atoms with Crippen LogP contribution >= 0.6 is 35.3 Å². The number of sulfonamides is 1. The van der Waals surface area contributed by atoms with Crippen LogP contribution in [0.4, 0.5) is 0 Å². The average molecular weight is 539 g/mol. The lowest BCUT2D eigenvalue weighted by Gasteiger charge is -2.38. The number of hydrogen-bond acceptors (Lipinski definition) is 4. The molecule has 3 heterocycles. The maximum atomic E-state index is 12.8. The summed E-state index contributed by atoms with van der Waals surface area (Å²) >= 11 is 1.38. The molecule has 28 heavy (non-hydrogen) atoms. The molecular formula is C19H31IN4O2S2. The molecule has 0 atom stereocenters. The van der Waals surface area contributed by atoms with E-state index in [9.17, 15) is 8.42 Å². The van der Waals surface area contributed by atoms with Gasteiger partial charge in [0.2, 0.25) is 0 Å². The van der Waals surface area contributed by atoms with Crippen molar-refractivity contribution in [2.75, 3.05) is 33.2 Å². The molecular weight excluding hydrogens is 507 g/mol.